The van der Waals surface area contributed by atoms with Gasteiger partial charge in [0.05, 0.1) is 22.7 Å². The number of nitrogens with zero attached hydrogens (tertiary/aromatic N) is 6. The summed E-state index contributed by atoms with van der Waals surface area (Å²) in [6, 6.07) is 66.9. The van der Waals surface area contributed by atoms with Crippen LogP contribution in [0.4, 0.5) is 57.0 Å². The summed E-state index contributed by atoms with van der Waals surface area (Å²) in [4.78, 5) is 19.6. The molecule has 0 unspecified atom stereocenters. The van der Waals surface area contributed by atoms with Crippen molar-refractivity contribution in [2.45, 2.75) is 78.6 Å². The fourth-order valence-corrected chi connectivity index (χ4v) is 10.2. The monoisotopic (exact) mass is 927 g/mol. The molecule has 0 spiro atoms. The van der Waals surface area contributed by atoms with Crippen LogP contribution in [0.3, 0.4) is 0 Å². The Morgan fingerprint density at radius 2 is 0.986 bits per heavy atom. The lowest BCUT2D eigenvalue weighted by Crippen LogP contribution is -2.25. The summed E-state index contributed by atoms with van der Waals surface area (Å²) in [7, 11) is 0. The molecule has 0 saturated heterocycles. The molecule has 6 nitrogen and oxygen atoms in total. The fraction of sp³-hybridized carbons (Fsp3) is 0.200. The highest BCUT2D eigenvalue weighted by molar-refractivity contribution is 6.03. The zero-order valence-corrected chi connectivity index (χ0v) is 42.4. The number of aromatic nitrogens is 2. The Morgan fingerprint density at radius 1 is 0.394 bits per heavy atom. The first kappa shape index (κ1) is 45.5. The SMILES string of the molecule is CC(C)(C)c1cc(N2CN(c3cc(-c4ccccc4)cc(N(c4ccccc4)c4ccc5c(c4)N(c4cc(C(C)(C)C)ccn4)c4ccncc4-c4ccccc4-5)c3)c3ccccc32)cc(C(C)(C)C)c1. The highest BCUT2D eigenvalue weighted by Crippen LogP contribution is 2.53. The van der Waals surface area contributed by atoms with E-state index in [1.54, 1.807) is 0 Å². The minimum atomic E-state index is -0.0808. The number of para-hydroxylation sites is 3. The third kappa shape index (κ3) is 8.52. The molecule has 0 bridgehead atoms. The number of pyridine rings is 2. The highest BCUT2D eigenvalue weighted by atomic mass is 15.4. The standard InChI is InChI=1S/C65H62N6/c1-63(2,3)46-30-33-67-62(39-46)71-58-31-32-66-42-57(58)55-25-17-16-24-54(55)56-29-28-50(41-61(56)71)70(49-22-14-11-15-23-49)53-35-45(44-20-12-10-13-21-44)34-51(40-53)68-43-69(60-27-19-18-26-59(60)68)52-37-47(64(4,5)6)36-48(38-52)65(7,8)9/h10-42H,43H2,1-9H3. The maximum atomic E-state index is 5.13. The molecule has 0 atom stereocenters. The molecule has 9 aromatic rings. The molecule has 2 aliphatic rings. The van der Waals surface area contributed by atoms with Gasteiger partial charge in [0.25, 0.3) is 0 Å². The van der Waals surface area contributed by atoms with Crippen molar-refractivity contribution < 1.29 is 0 Å². The van der Waals surface area contributed by atoms with Gasteiger partial charge in [-0.05, 0) is 140 Å². The van der Waals surface area contributed by atoms with Gasteiger partial charge in [-0.3, -0.25) is 9.88 Å². The van der Waals surface area contributed by atoms with Crippen LogP contribution in [0.25, 0.3) is 33.4 Å². The molecule has 11 rings (SSSR count). The second kappa shape index (κ2) is 17.5. The van der Waals surface area contributed by atoms with E-state index < -0.39 is 0 Å². The summed E-state index contributed by atoms with van der Waals surface area (Å²) < 4.78 is 0. The molecule has 0 amide bonds. The average molecular weight is 927 g/mol. The van der Waals surface area contributed by atoms with E-state index in [-0.39, 0.29) is 16.2 Å². The fourth-order valence-electron chi connectivity index (χ4n) is 10.2. The topological polar surface area (TPSA) is 38.7 Å². The molecule has 6 heteroatoms. The number of hydrogen-bond donors (Lipinski definition) is 0. The van der Waals surface area contributed by atoms with E-state index in [9.17, 15) is 0 Å². The van der Waals surface area contributed by atoms with Crippen molar-refractivity contribution in [2.24, 2.45) is 0 Å². The minimum Gasteiger partial charge on any atom is -0.321 e. The van der Waals surface area contributed by atoms with Crippen molar-refractivity contribution in [1.29, 1.82) is 0 Å². The number of rotatable bonds is 7. The minimum absolute atomic E-state index is 0.0153. The van der Waals surface area contributed by atoms with Crippen LogP contribution in [0.5, 0.6) is 0 Å². The number of anilines is 10. The lowest BCUT2D eigenvalue weighted by Gasteiger charge is -2.32. The van der Waals surface area contributed by atoms with Crippen LogP contribution in [0.1, 0.15) is 79.0 Å². The molecule has 2 aromatic heterocycles. The average Bonchev–Trinajstić information content (AvgIpc) is 3.71. The third-order valence-corrected chi connectivity index (χ3v) is 14.2. The van der Waals surface area contributed by atoms with Crippen LogP contribution < -0.4 is 19.6 Å². The molecule has 0 saturated carbocycles. The lowest BCUT2D eigenvalue weighted by atomic mass is 9.80. The van der Waals surface area contributed by atoms with E-state index in [2.05, 4.69) is 269 Å². The van der Waals surface area contributed by atoms with Gasteiger partial charge < -0.3 is 14.7 Å². The van der Waals surface area contributed by atoms with E-state index in [1.165, 1.54) is 33.8 Å². The first-order valence-electron chi connectivity index (χ1n) is 24.9. The van der Waals surface area contributed by atoms with E-state index >= 15 is 0 Å². The van der Waals surface area contributed by atoms with Gasteiger partial charge >= 0.3 is 0 Å². The number of benzene rings is 7. The maximum Gasteiger partial charge on any atom is 0.137 e. The van der Waals surface area contributed by atoms with Crippen molar-refractivity contribution in [3.8, 4) is 33.4 Å². The van der Waals surface area contributed by atoms with Crippen molar-refractivity contribution >= 4 is 57.0 Å². The van der Waals surface area contributed by atoms with Gasteiger partial charge in [-0.1, -0.05) is 159 Å². The second-order valence-electron chi connectivity index (χ2n) is 22.2. The smallest absolute Gasteiger partial charge is 0.137 e. The first-order chi connectivity index (χ1) is 34.1. The molecule has 0 aliphatic carbocycles. The molecule has 0 N–H and O–H groups in total. The normalized spacial score (nSPS) is 13.3. The number of fused-ring (bicyclic) bond motifs is 6. The Bertz CT molecular complexity index is 3400. The van der Waals surface area contributed by atoms with Crippen LogP contribution in [-0.2, 0) is 16.2 Å². The van der Waals surface area contributed by atoms with E-state index in [0.717, 1.165) is 73.3 Å². The van der Waals surface area contributed by atoms with Crippen LogP contribution in [0.15, 0.2) is 201 Å². The van der Waals surface area contributed by atoms with Crippen molar-refractivity contribution in [1.82, 2.24) is 9.97 Å². The van der Waals surface area contributed by atoms with Crippen LogP contribution >= 0.6 is 0 Å². The zero-order chi connectivity index (χ0) is 49.2. The van der Waals surface area contributed by atoms with Crippen LogP contribution in [0.2, 0.25) is 0 Å². The summed E-state index contributed by atoms with van der Waals surface area (Å²) in [6.07, 6.45) is 5.84. The van der Waals surface area contributed by atoms with E-state index in [4.69, 9.17) is 4.98 Å². The van der Waals surface area contributed by atoms with Gasteiger partial charge in [-0.2, -0.15) is 0 Å². The van der Waals surface area contributed by atoms with E-state index in [0.29, 0.717) is 6.67 Å². The molecule has 352 valence electrons. The summed E-state index contributed by atoms with van der Waals surface area (Å²) in [5.41, 5.74) is 20.4. The van der Waals surface area contributed by atoms with Crippen molar-refractivity contribution in [2.75, 3.05) is 26.3 Å². The largest absolute Gasteiger partial charge is 0.321 e. The molecule has 7 aromatic carbocycles. The Balaban J connectivity index is 1.12. The van der Waals surface area contributed by atoms with Crippen molar-refractivity contribution in [3.63, 3.8) is 0 Å². The molecular weight excluding hydrogens is 865 g/mol. The Morgan fingerprint density at radius 3 is 1.63 bits per heavy atom. The van der Waals surface area contributed by atoms with Crippen LogP contribution in [-0.4, -0.2) is 16.6 Å². The predicted octanol–water partition coefficient (Wildman–Crippen LogP) is 17.9. The first-order valence-corrected chi connectivity index (χ1v) is 24.9. The lowest BCUT2D eigenvalue weighted by molar-refractivity contribution is 0.568. The van der Waals surface area contributed by atoms with Gasteiger partial charge in [0.15, 0.2) is 0 Å². The predicted molar refractivity (Wildman–Crippen MR) is 299 cm³/mol. The van der Waals surface area contributed by atoms with Crippen molar-refractivity contribution in [3.05, 3.63) is 217 Å². The molecule has 4 heterocycles. The van der Waals surface area contributed by atoms with Gasteiger partial charge in [0.1, 0.15) is 12.5 Å². The molecule has 71 heavy (non-hydrogen) atoms. The summed E-state index contributed by atoms with van der Waals surface area (Å²) in [5.74, 6) is 0.857. The maximum absolute atomic E-state index is 5.13. The number of hydrogen-bond acceptors (Lipinski definition) is 6. The van der Waals surface area contributed by atoms with E-state index in [1.807, 2.05) is 18.6 Å². The molecule has 0 fully saturated rings. The summed E-state index contributed by atoms with van der Waals surface area (Å²) >= 11 is 0. The Hall–Kier alpha value is -7.96. The van der Waals surface area contributed by atoms with Gasteiger partial charge in [0, 0.05) is 58.2 Å². The Labute approximate surface area is 420 Å². The summed E-state index contributed by atoms with van der Waals surface area (Å²) in [6.45, 7) is 21.3. The van der Waals surface area contributed by atoms with Crippen LogP contribution in [0, 0.1) is 0 Å². The zero-order valence-electron chi connectivity index (χ0n) is 42.4. The van der Waals surface area contributed by atoms with Gasteiger partial charge in [-0.15, -0.1) is 0 Å². The van der Waals surface area contributed by atoms with Gasteiger partial charge in [0.2, 0.25) is 0 Å². The van der Waals surface area contributed by atoms with Gasteiger partial charge in [-0.25, -0.2) is 4.98 Å². The quantitative estimate of drug-likeness (QED) is 0.159. The third-order valence-electron chi connectivity index (χ3n) is 14.2. The molecule has 2 aliphatic heterocycles. The molecule has 0 radical (unpaired) electrons. The summed E-state index contributed by atoms with van der Waals surface area (Å²) in [5, 5.41) is 0. The second-order valence-corrected chi connectivity index (χ2v) is 22.2. The molecular formula is C65H62N6. The highest BCUT2D eigenvalue weighted by Gasteiger charge is 2.33. The Kier molecular flexibility index (Phi) is 11.2.